The van der Waals surface area contributed by atoms with E-state index in [0.29, 0.717) is 0 Å². The number of aliphatic hydroxyl groups is 1. The first kappa shape index (κ1) is 12.7. The number of halogens is 1. The summed E-state index contributed by atoms with van der Waals surface area (Å²) >= 11 is 3.36. The van der Waals surface area contributed by atoms with E-state index in [0.717, 1.165) is 29.4 Å². The highest BCUT2D eigenvalue weighted by Crippen LogP contribution is 2.27. The summed E-state index contributed by atoms with van der Waals surface area (Å²) in [5, 5.41) is 9.40. The fraction of sp³-hybridized carbons (Fsp3) is 0.583. The number of aromatic nitrogens is 1. The van der Waals surface area contributed by atoms with Gasteiger partial charge in [-0.25, -0.2) is 0 Å². The van der Waals surface area contributed by atoms with Gasteiger partial charge in [-0.05, 0) is 46.3 Å². The standard InChI is InChI=1S/C12H18BrNO/c1-3-6-12(2,9-15)7-11-5-4-10(13)8-14-11/h4-5,8,15H,3,6-7,9H2,1-2H3. The number of aliphatic hydroxyl groups excluding tert-OH is 1. The van der Waals surface area contributed by atoms with Crippen molar-refractivity contribution in [2.45, 2.75) is 33.1 Å². The normalized spacial score (nSPS) is 14.9. The van der Waals surface area contributed by atoms with Gasteiger partial charge in [0, 0.05) is 23.0 Å². The SMILES string of the molecule is CCCC(C)(CO)Cc1ccc(Br)cn1. The Hall–Kier alpha value is -0.410. The smallest absolute Gasteiger partial charge is 0.0488 e. The average Bonchev–Trinajstić information content (AvgIpc) is 2.22. The van der Waals surface area contributed by atoms with Crippen LogP contribution in [0.5, 0.6) is 0 Å². The molecule has 84 valence electrons. The summed E-state index contributed by atoms with van der Waals surface area (Å²) in [5.74, 6) is 0. The predicted octanol–water partition coefficient (Wildman–Crippen LogP) is 3.19. The van der Waals surface area contributed by atoms with Crippen LogP contribution < -0.4 is 0 Å². The van der Waals surface area contributed by atoms with Gasteiger partial charge >= 0.3 is 0 Å². The molecule has 1 heterocycles. The Bertz CT molecular complexity index is 299. The maximum Gasteiger partial charge on any atom is 0.0488 e. The van der Waals surface area contributed by atoms with Crippen molar-refractivity contribution in [1.29, 1.82) is 0 Å². The highest BCUT2D eigenvalue weighted by molar-refractivity contribution is 9.10. The van der Waals surface area contributed by atoms with Crippen molar-refractivity contribution in [3.63, 3.8) is 0 Å². The molecule has 15 heavy (non-hydrogen) atoms. The summed E-state index contributed by atoms with van der Waals surface area (Å²) in [6, 6.07) is 4.00. The Labute approximate surface area is 99.9 Å². The zero-order valence-corrected chi connectivity index (χ0v) is 10.9. The van der Waals surface area contributed by atoms with Crippen molar-refractivity contribution in [2.24, 2.45) is 5.41 Å². The second kappa shape index (κ2) is 5.61. The van der Waals surface area contributed by atoms with Crippen molar-refractivity contribution in [3.05, 3.63) is 28.5 Å². The van der Waals surface area contributed by atoms with Crippen LogP contribution in [0.3, 0.4) is 0 Å². The molecule has 1 aromatic heterocycles. The van der Waals surface area contributed by atoms with Gasteiger partial charge in [0.25, 0.3) is 0 Å². The summed E-state index contributed by atoms with van der Waals surface area (Å²) in [4.78, 5) is 4.34. The minimum absolute atomic E-state index is 0.0322. The summed E-state index contributed by atoms with van der Waals surface area (Å²) in [5.41, 5.74) is 1.01. The van der Waals surface area contributed by atoms with Crippen LogP contribution in [0.15, 0.2) is 22.8 Å². The van der Waals surface area contributed by atoms with Crippen LogP contribution in [-0.4, -0.2) is 16.7 Å². The van der Waals surface area contributed by atoms with Gasteiger partial charge in [-0.1, -0.05) is 20.3 Å². The van der Waals surface area contributed by atoms with Gasteiger partial charge in [-0.2, -0.15) is 0 Å². The van der Waals surface area contributed by atoms with Crippen molar-refractivity contribution < 1.29 is 5.11 Å². The molecule has 0 aliphatic heterocycles. The molecule has 0 aliphatic rings. The van der Waals surface area contributed by atoms with E-state index >= 15 is 0 Å². The maximum atomic E-state index is 9.40. The number of pyridine rings is 1. The molecule has 0 radical (unpaired) electrons. The zero-order chi connectivity index (χ0) is 11.3. The first-order chi connectivity index (χ1) is 7.09. The molecule has 0 saturated heterocycles. The lowest BCUT2D eigenvalue weighted by atomic mass is 9.82. The van der Waals surface area contributed by atoms with Crippen LogP contribution in [0, 0.1) is 5.41 Å². The van der Waals surface area contributed by atoms with Crippen LogP contribution in [0.25, 0.3) is 0 Å². The minimum atomic E-state index is -0.0322. The highest BCUT2D eigenvalue weighted by Gasteiger charge is 2.23. The molecule has 0 aromatic carbocycles. The van der Waals surface area contributed by atoms with E-state index in [2.05, 4.69) is 34.8 Å². The largest absolute Gasteiger partial charge is 0.396 e. The average molecular weight is 272 g/mol. The highest BCUT2D eigenvalue weighted by atomic mass is 79.9. The summed E-state index contributed by atoms with van der Waals surface area (Å²) in [7, 11) is 0. The monoisotopic (exact) mass is 271 g/mol. The third-order valence-corrected chi connectivity index (χ3v) is 3.10. The molecule has 1 aromatic rings. The molecule has 1 atom stereocenters. The Morgan fingerprint density at radius 2 is 2.20 bits per heavy atom. The second-order valence-electron chi connectivity index (χ2n) is 4.36. The van der Waals surface area contributed by atoms with E-state index in [-0.39, 0.29) is 12.0 Å². The first-order valence-corrected chi connectivity index (χ1v) is 6.10. The van der Waals surface area contributed by atoms with Crippen LogP contribution in [-0.2, 0) is 6.42 Å². The van der Waals surface area contributed by atoms with Crippen molar-refractivity contribution in [3.8, 4) is 0 Å². The van der Waals surface area contributed by atoms with Gasteiger partial charge in [0.05, 0.1) is 0 Å². The lowest BCUT2D eigenvalue weighted by Crippen LogP contribution is -2.24. The molecule has 0 bridgehead atoms. The lowest BCUT2D eigenvalue weighted by molar-refractivity contribution is 0.130. The fourth-order valence-electron chi connectivity index (χ4n) is 1.78. The molecule has 1 N–H and O–H groups in total. The Kier molecular flexibility index (Phi) is 4.74. The Morgan fingerprint density at radius 1 is 1.47 bits per heavy atom. The minimum Gasteiger partial charge on any atom is -0.396 e. The first-order valence-electron chi connectivity index (χ1n) is 5.31. The number of hydrogen-bond acceptors (Lipinski definition) is 2. The van der Waals surface area contributed by atoms with E-state index < -0.39 is 0 Å². The topological polar surface area (TPSA) is 33.1 Å². The molecule has 0 spiro atoms. The molecule has 0 amide bonds. The number of hydrogen-bond donors (Lipinski definition) is 1. The van der Waals surface area contributed by atoms with Crippen LogP contribution >= 0.6 is 15.9 Å². The molecule has 1 unspecified atom stereocenters. The zero-order valence-electron chi connectivity index (χ0n) is 9.33. The second-order valence-corrected chi connectivity index (χ2v) is 5.28. The van der Waals surface area contributed by atoms with Gasteiger partial charge < -0.3 is 5.11 Å². The molecular weight excluding hydrogens is 254 g/mol. The van der Waals surface area contributed by atoms with Crippen LogP contribution in [0.2, 0.25) is 0 Å². The molecule has 0 aliphatic carbocycles. The summed E-state index contributed by atoms with van der Waals surface area (Å²) < 4.78 is 0.993. The molecule has 2 nitrogen and oxygen atoms in total. The van der Waals surface area contributed by atoms with Crippen molar-refractivity contribution in [2.75, 3.05) is 6.61 Å². The molecule has 3 heteroatoms. The van der Waals surface area contributed by atoms with Gasteiger partial charge in [0.2, 0.25) is 0 Å². The molecular formula is C12H18BrNO. The number of nitrogens with zero attached hydrogens (tertiary/aromatic N) is 1. The summed E-state index contributed by atoms with van der Waals surface area (Å²) in [6.45, 7) is 4.47. The van der Waals surface area contributed by atoms with E-state index in [1.54, 1.807) is 6.20 Å². The summed E-state index contributed by atoms with van der Waals surface area (Å²) in [6.07, 6.45) is 4.76. The molecule has 0 fully saturated rings. The van der Waals surface area contributed by atoms with Gasteiger partial charge in [-0.3, -0.25) is 4.98 Å². The molecule has 1 rings (SSSR count). The fourth-order valence-corrected chi connectivity index (χ4v) is 2.01. The third kappa shape index (κ3) is 3.92. The number of rotatable bonds is 5. The van der Waals surface area contributed by atoms with E-state index in [4.69, 9.17) is 0 Å². The maximum absolute atomic E-state index is 9.40. The Balaban J connectivity index is 2.70. The van der Waals surface area contributed by atoms with E-state index in [9.17, 15) is 5.11 Å². The lowest BCUT2D eigenvalue weighted by Gasteiger charge is -2.26. The van der Waals surface area contributed by atoms with Crippen molar-refractivity contribution >= 4 is 15.9 Å². The van der Waals surface area contributed by atoms with Gasteiger partial charge in [0.1, 0.15) is 0 Å². The molecule has 0 saturated carbocycles. The van der Waals surface area contributed by atoms with Gasteiger partial charge in [-0.15, -0.1) is 0 Å². The van der Waals surface area contributed by atoms with Crippen LogP contribution in [0.1, 0.15) is 32.4 Å². The van der Waals surface area contributed by atoms with E-state index in [1.807, 2.05) is 12.1 Å². The van der Waals surface area contributed by atoms with Crippen molar-refractivity contribution in [1.82, 2.24) is 4.98 Å². The third-order valence-electron chi connectivity index (χ3n) is 2.63. The predicted molar refractivity (Wildman–Crippen MR) is 65.7 cm³/mol. The Morgan fingerprint density at radius 3 is 2.67 bits per heavy atom. The quantitative estimate of drug-likeness (QED) is 0.893. The van der Waals surface area contributed by atoms with Gasteiger partial charge in [0.15, 0.2) is 0 Å². The van der Waals surface area contributed by atoms with E-state index in [1.165, 1.54) is 0 Å². The van der Waals surface area contributed by atoms with Crippen LogP contribution in [0.4, 0.5) is 0 Å².